The van der Waals surface area contributed by atoms with Crippen LogP contribution in [0.15, 0.2) is 23.5 Å². The smallest absolute Gasteiger partial charge is 0.267 e. The van der Waals surface area contributed by atoms with Crippen molar-refractivity contribution in [1.82, 2.24) is 14.9 Å². The van der Waals surface area contributed by atoms with Crippen molar-refractivity contribution < 1.29 is 19.5 Å². The lowest BCUT2D eigenvalue weighted by atomic mass is 10.0. The van der Waals surface area contributed by atoms with E-state index >= 15 is 0 Å². The van der Waals surface area contributed by atoms with Crippen LogP contribution >= 0.6 is 0 Å². The number of rotatable bonds is 2. The number of amides is 1. The van der Waals surface area contributed by atoms with Crippen LogP contribution in [0.25, 0.3) is 11.3 Å². The molecule has 2 aliphatic rings. The highest BCUT2D eigenvalue weighted by Crippen LogP contribution is 2.38. The minimum Gasteiger partial charge on any atom is -0.504 e. The summed E-state index contributed by atoms with van der Waals surface area (Å²) in [5.41, 5.74) is 4.51. The number of hydrogen-bond acceptors (Lipinski definition) is 7. The van der Waals surface area contributed by atoms with E-state index in [1.807, 2.05) is 26.8 Å². The van der Waals surface area contributed by atoms with Gasteiger partial charge in [-0.15, -0.1) is 0 Å². The molecule has 146 valence electrons. The molecule has 0 spiro atoms. The Morgan fingerprint density at radius 2 is 2.11 bits per heavy atom. The fourth-order valence-corrected chi connectivity index (χ4v) is 3.47. The molecule has 8 nitrogen and oxygen atoms in total. The summed E-state index contributed by atoms with van der Waals surface area (Å²) >= 11 is 0. The van der Waals surface area contributed by atoms with E-state index in [1.165, 1.54) is 0 Å². The number of nitrogens with zero attached hydrogens (tertiary/aromatic N) is 4. The number of phenols is 1. The minimum absolute atomic E-state index is 0.0285. The largest absolute Gasteiger partial charge is 0.504 e. The Labute approximate surface area is 162 Å². The van der Waals surface area contributed by atoms with Gasteiger partial charge in [0.05, 0.1) is 29.3 Å². The van der Waals surface area contributed by atoms with E-state index in [2.05, 4.69) is 15.1 Å². The number of carbonyl (C=O) groups excluding carboxylic acids is 1. The van der Waals surface area contributed by atoms with Gasteiger partial charge in [-0.1, -0.05) is 5.16 Å². The summed E-state index contributed by atoms with van der Waals surface area (Å²) in [5.74, 6) is 0.298. The third-order valence-corrected chi connectivity index (χ3v) is 4.87. The summed E-state index contributed by atoms with van der Waals surface area (Å²) < 4.78 is 5.74. The average Bonchev–Trinajstić information content (AvgIpc) is 2.97. The average molecular weight is 382 g/mol. The molecule has 0 fully saturated rings. The van der Waals surface area contributed by atoms with Gasteiger partial charge in [0.25, 0.3) is 5.91 Å². The van der Waals surface area contributed by atoms with E-state index in [9.17, 15) is 9.90 Å². The third-order valence-electron chi connectivity index (χ3n) is 4.87. The van der Waals surface area contributed by atoms with Crippen molar-refractivity contribution in [2.75, 3.05) is 13.2 Å². The normalized spacial score (nSPS) is 18.6. The van der Waals surface area contributed by atoms with Crippen LogP contribution in [0.1, 0.15) is 30.3 Å². The van der Waals surface area contributed by atoms with Gasteiger partial charge >= 0.3 is 0 Å². The molecule has 3 heterocycles. The van der Waals surface area contributed by atoms with Crippen molar-refractivity contribution in [3.63, 3.8) is 0 Å². The van der Waals surface area contributed by atoms with Gasteiger partial charge in [-0.3, -0.25) is 9.78 Å². The van der Waals surface area contributed by atoms with Crippen molar-refractivity contribution >= 4 is 11.6 Å². The van der Waals surface area contributed by atoms with Gasteiger partial charge in [-0.05, 0) is 32.9 Å². The monoisotopic (exact) mass is 382 g/mol. The number of fused-ring (bicyclic) bond motifs is 1. The van der Waals surface area contributed by atoms with Gasteiger partial charge in [0, 0.05) is 30.3 Å². The van der Waals surface area contributed by atoms with Crippen LogP contribution in [0, 0.1) is 13.8 Å². The van der Waals surface area contributed by atoms with Gasteiger partial charge in [0.2, 0.25) is 6.10 Å². The third kappa shape index (κ3) is 3.37. The van der Waals surface area contributed by atoms with Crippen LogP contribution in [0.2, 0.25) is 0 Å². The Hall–Kier alpha value is -3.16. The highest BCUT2D eigenvalue weighted by Gasteiger charge is 2.32. The Morgan fingerprint density at radius 3 is 2.86 bits per heavy atom. The van der Waals surface area contributed by atoms with Crippen molar-refractivity contribution in [2.45, 2.75) is 39.8 Å². The molecular formula is C20H22N4O4. The molecule has 0 saturated carbocycles. The predicted octanol–water partition coefficient (Wildman–Crippen LogP) is 2.35. The highest BCUT2D eigenvalue weighted by atomic mass is 16.6. The van der Waals surface area contributed by atoms with Gasteiger partial charge in [-0.2, -0.15) is 0 Å². The molecular weight excluding hydrogens is 360 g/mol. The first kappa shape index (κ1) is 18.2. The number of hydrogen-bond donors (Lipinski definition) is 1. The fourth-order valence-electron chi connectivity index (χ4n) is 3.47. The summed E-state index contributed by atoms with van der Waals surface area (Å²) in [6.07, 6.45) is 1.60. The number of aryl methyl sites for hydroxylation is 2. The summed E-state index contributed by atoms with van der Waals surface area (Å²) in [5, 5.41) is 14.4. The maximum atomic E-state index is 12.8. The van der Waals surface area contributed by atoms with Crippen LogP contribution in [0.4, 0.5) is 0 Å². The number of phenolic OH excluding ortho intramolecular Hbond substituents is 1. The molecule has 1 aromatic heterocycles. The Kier molecular flexibility index (Phi) is 4.62. The molecule has 28 heavy (non-hydrogen) atoms. The lowest BCUT2D eigenvalue weighted by molar-refractivity contribution is -0.142. The number of aromatic nitrogens is 2. The summed E-state index contributed by atoms with van der Waals surface area (Å²) in [4.78, 5) is 28.7. The van der Waals surface area contributed by atoms with Crippen molar-refractivity contribution in [2.24, 2.45) is 5.16 Å². The number of carbonyl (C=O) groups is 1. The molecule has 0 saturated heterocycles. The lowest BCUT2D eigenvalue weighted by Gasteiger charge is -2.22. The summed E-state index contributed by atoms with van der Waals surface area (Å²) in [6, 6.07) is 3.53. The topological polar surface area (TPSA) is 97.1 Å². The van der Waals surface area contributed by atoms with Gasteiger partial charge in [0.1, 0.15) is 6.61 Å². The standard InChI is InChI=1S/C20H22N4O4/c1-11-6-17(28-23-11)20(26)24-4-5-27-19-15(10-24)7-14(8-16(19)25)18-13(3)21-9-12(2)22-18/h7-9,17,25H,4-6,10H2,1-3H3/t17-/m0/s1. The lowest BCUT2D eigenvalue weighted by Crippen LogP contribution is -2.40. The molecule has 0 bridgehead atoms. The first-order valence-electron chi connectivity index (χ1n) is 9.19. The summed E-state index contributed by atoms with van der Waals surface area (Å²) in [6.45, 7) is 6.59. The van der Waals surface area contributed by atoms with Crippen molar-refractivity contribution in [1.29, 1.82) is 0 Å². The molecule has 1 atom stereocenters. The Morgan fingerprint density at radius 1 is 1.29 bits per heavy atom. The molecule has 2 aliphatic heterocycles. The van der Waals surface area contributed by atoms with Crippen LogP contribution in [0.3, 0.4) is 0 Å². The van der Waals surface area contributed by atoms with E-state index in [-0.39, 0.29) is 11.7 Å². The van der Waals surface area contributed by atoms with Crippen LogP contribution < -0.4 is 4.74 Å². The van der Waals surface area contributed by atoms with Crippen LogP contribution in [-0.4, -0.2) is 50.8 Å². The predicted molar refractivity (Wildman–Crippen MR) is 102 cm³/mol. The van der Waals surface area contributed by atoms with E-state index in [0.29, 0.717) is 37.6 Å². The van der Waals surface area contributed by atoms with Crippen molar-refractivity contribution in [3.8, 4) is 22.8 Å². The molecule has 2 aromatic rings. The molecule has 0 radical (unpaired) electrons. The minimum atomic E-state index is -0.594. The van der Waals surface area contributed by atoms with E-state index in [4.69, 9.17) is 9.57 Å². The quantitative estimate of drug-likeness (QED) is 0.856. The first-order chi connectivity index (χ1) is 13.4. The van der Waals surface area contributed by atoms with Crippen LogP contribution in [0.5, 0.6) is 11.5 Å². The second kappa shape index (κ2) is 7.10. The zero-order chi connectivity index (χ0) is 19.8. The Bertz CT molecular complexity index is 973. The SMILES string of the molecule is CC1=NO[C@H](C(=O)N2CCOc3c(O)cc(-c4nc(C)cnc4C)cc3C2)C1. The van der Waals surface area contributed by atoms with Gasteiger partial charge in [-0.25, -0.2) is 4.98 Å². The molecule has 0 unspecified atom stereocenters. The molecule has 4 rings (SSSR count). The highest BCUT2D eigenvalue weighted by molar-refractivity contribution is 5.91. The summed E-state index contributed by atoms with van der Waals surface area (Å²) in [7, 11) is 0. The molecule has 1 N–H and O–H groups in total. The Balaban J connectivity index is 1.67. The van der Waals surface area contributed by atoms with Crippen molar-refractivity contribution in [3.05, 3.63) is 35.3 Å². The maximum Gasteiger partial charge on any atom is 0.267 e. The van der Waals surface area contributed by atoms with Gasteiger partial charge < -0.3 is 19.6 Å². The molecule has 0 aliphatic carbocycles. The zero-order valence-electron chi connectivity index (χ0n) is 16.1. The zero-order valence-corrected chi connectivity index (χ0v) is 16.1. The second-order valence-corrected chi connectivity index (χ2v) is 7.16. The number of aromatic hydroxyl groups is 1. The second-order valence-electron chi connectivity index (χ2n) is 7.16. The number of ether oxygens (including phenoxy) is 1. The number of benzene rings is 1. The molecule has 1 aromatic carbocycles. The van der Waals surface area contributed by atoms with E-state index in [0.717, 1.165) is 28.2 Å². The van der Waals surface area contributed by atoms with Gasteiger partial charge in [0.15, 0.2) is 11.5 Å². The van der Waals surface area contributed by atoms with Crippen LogP contribution in [-0.2, 0) is 16.2 Å². The number of oxime groups is 1. The fraction of sp³-hybridized carbons (Fsp3) is 0.400. The first-order valence-corrected chi connectivity index (χ1v) is 9.19. The molecule has 1 amide bonds. The van der Waals surface area contributed by atoms with E-state index in [1.54, 1.807) is 17.2 Å². The van der Waals surface area contributed by atoms with E-state index < -0.39 is 6.10 Å². The maximum absolute atomic E-state index is 12.8. The molecule has 8 heteroatoms.